The molecule has 1 saturated heterocycles. The predicted octanol–water partition coefficient (Wildman–Crippen LogP) is 2.58. The van der Waals surface area contributed by atoms with Crippen molar-refractivity contribution in [1.29, 1.82) is 0 Å². The molecule has 0 saturated carbocycles. The topological polar surface area (TPSA) is 72.9 Å². The first-order valence-electron chi connectivity index (χ1n) is 8.77. The monoisotopic (exact) mass is 405 g/mol. The highest BCUT2D eigenvalue weighted by molar-refractivity contribution is 5.94. The molecular formula is C18H26ClF2N3O3. The van der Waals surface area contributed by atoms with E-state index in [2.05, 4.69) is 5.32 Å². The molecule has 1 amide bonds. The number of likely N-dealkylation sites (tertiary alicyclic amines) is 1. The first-order valence-corrected chi connectivity index (χ1v) is 8.77. The number of rotatable bonds is 7. The summed E-state index contributed by atoms with van der Waals surface area (Å²) < 4.78 is 26.9. The highest BCUT2D eigenvalue weighted by Gasteiger charge is 2.29. The van der Waals surface area contributed by atoms with Crippen LogP contribution in [0.25, 0.3) is 0 Å². The Morgan fingerprint density at radius 2 is 1.96 bits per heavy atom. The van der Waals surface area contributed by atoms with Crippen LogP contribution >= 0.6 is 12.4 Å². The van der Waals surface area contributed by atoms with Crippen LogP contribution in [-0.2, 0) is 9.59 Å². The molecule has 1 aromatic rings. The zero-order valence-electron chi connectivity index (χ0n) is 15.5. The van der Waals surface area contributed by atoms with E-state index in [4.69, 9.17) is 5.11 Å². The summed E-state index contributed by atoms with van der Waals surface area (Å²) in [7, 11) is 0. The van der Waals surface area contributed by atoms with E-state index in [1.54, 1.807) is 6.92 Å². The number of anilines is 1. The number of carbonyl (C=O) groups is 2. The number of likely N-dealkylation sites (N-methyl/N-ethyl adjacent to an activating group) is 1. The van der Waals surface area contributed by atoms with E-state index in [0.717, 1.165) is 31.0 Å². The SMILES string of the molecule is CCN(CC(=O)O)C1CCN(C(C)C(=O)Nc2cc(F)ccc2F)CC1.Cl. The van der Waals surface area contributed by atoms with E-state index in [-0.39, 0.29) is 30.7 Å². The zero-order chi connectivity index (χ0) is 19.3. The van der Waals surface area contributed by atoms with Crippen molar-refractivity contribution in [3.8, 4) is 0 Å². The molecule has 27 heavy (non-hydrogen) atoms. The van der Waals surface area contributed by atoms with Crippen LogP contribution in [0.4, 0.5) is 14.5 Å². The lowest BCUT2D eigenvalue weighted by Gasteiger charge is -2.39. The summed E-state index contributed by atoms with van der Waals surface area (Å²) in [5.74, 6) is -2.55. The second kappa shape index (κ2) is 10.5. The highest BCUT2D eigenvalue weighted by Crippen LogP contribution is 2.20. The van der Waals surface area contributed by atoms with Crippen molar-refractivity contribution in [2.75, 3.05) is 31.5 Å². The van der Waals surface area contributed by atoms with Crippen molar-refractivity contribution in [3.63, 3.8) is 0 Å². The van der Waals surface area contributed by atoms with E-state index in [9.17, 15) is 18.4 Å². The molecule has 1 atom stereocenters. The molecule has 1 unspecified atom stereocenters. The van der Waals surface area contributed by atoms with Gasteiger partial charge in [0.15, 0.2) is 0 Å². The molecule has 2 N–H and O–H groups in total. The van der Waals surface area contributed by atoms with Gasteiger partial charge in [0.2, 0.25) is 5.91 Å². The maximum atomic E-state index is 13.7. The number of hydrogen-bond donors (Lipinski definition) is 2. The molecular weight excluding hydrogens is 380 g/mol. The Hall–Kier alpha value is -1.77. The van der Waals surface area contributed by atoms with Gasteiger partial charge in [0.05, 0.1) is 18.3 Å². The molecule has 1 fully saturated rings. The van der Waals surface area contributed by atoms with Gasteiger partial charge < -0.3 is 10.4 Å². The van der Waals surface area contributed by atoms with Crippen LogP contribution < -0.4 is 5.32 Å². The summed E-state index contributed by atoms with van der Waals surface area (Å²) in [6.45, 7) is 5.60. The largest absolute Gasteiger partial charge is 0.480 e. The number of halogens is 3. The van der Waals surface area contributed by atoms with Crippen LogP contribution in [0, 0.1) is 11.6 Å². The van der Waals surface area contributed by atoms with Crippen molar-refractivity contribution < 1.29 is 23.5 Å². The number of amides is 1. The van der Waals surface area contributed by atoms with Crippen LogP contribution in [0.15, 0.2) is 18.2 Å². The Bertz CT molecular complexity index is 655. The van der Waals surface area contributed by atoms with E-state index >= 15 is 0 Å². The Morgan fingerprint density at radius 3 is 2.52 bits per heavy atom. The van der Waals surface area contributed by atoms with Gasteiger partial charge in [-0.25, -0.2) is 8.78 Å². The van der Waals surface area contributed by atoms with Crippen LogP contribution in [0.5, 0.6) is 0 Å². The van der Waals surface area contributed by atoms with Gasteiger partial charge in [0.1, 0.15) is 11.6 Å². The van der Waals surface area contributed by atoms with Crippen LogP contribution in [-0.4, -0.2) is 65.0 Å². The minimum atomic E-state index is -0.848. The number of aliphatic carboxylic acids is 1. The molecule has 1 aromatic carbocycles. The maximum absolute atomic E-state index is 13.7. The lowest BCUT2D eigenvalue weighted by Crippen LogP contribution is -2.51. The number of carboxylic acids is 1. The third-order valence-electron chi connectivity index (χ3n) is 4.87. The predicted molar refractivity (Wildman–Crippen MR) is 101 cm³/mol. The van der Waals surface area contributed by atoms with Crippen LogP contribution in [0.3, 0.4) is 0 Å². The number of benzene rings is 1. The first-order chi connectivity index (χ1) is 12.3. The van der Waals surface area contributed by atoms with E-state index in [0.29, 0.717) is 19.6 Å². The van der Waals surface area contributed by atoms with Gasteiger partial charge in [-0.15, -0.1) is 12.4 Å². The summed E-state index contributed by atoms with van der Waals surface area (Å²) >= 11 is 0. The number of nitrogens with one attached hydrogen (secondary N) is 1. The summed E-state index contributed by atoms with van der Waals surface area (Å²) in [4.78, 5) is 27.2. The smallest absolute Gasteiger partial charge is 0.317 e. The highest BCUT2D eigenvalue weighted by atomic mass is 35.5. The summed E-state index contributed by atoms with van der Waals surface area (Å²) in [5.41, 5.74) is -0.171. The second-order valence-electron chi connectivity index (χ2n) is 6.51. The first kappa shape index (κ1) is 23.3. The van der Waals surface area contributed by atoms with Gasteiger partial charge in [-0.05, 0) is 38.4 Å². The number of carbonyl (C=O) groups excluding carboxylic acids is 1. The fourth-order valence-corrected chi connectivity index (χ4v) is 3.31. The molecule has 1 aliphatic heterocycles. The maximum Gasteiger partial charge on any atom is 0.317 e. The normalized spacial score (nSPS) is 16.6. The minimum Gasteiger partial charge on any atom is -0.480 e. The summed E-state index contributed by atoms with van der Waals surface area (Å²) in [6, 6.07) is 2.60. The van der Waals surface area contributed by atoms with Crippen molar-refractivity contribution in [2.24, 2.45) is 0 Å². The molecule has 0 aliphatic carbocycles. The fourth-order valence-electron chi connectivity index (χ4n) is 3.31. The average molecular weight is 406 g/mol. The summed E-state index contributed by atoms with van der Waals surface area (Å²) in [5, 5.41) is 11.4. The second-order valence-corrected chi connectivity index (χ2v) is 6.51. The third-order valence-corrected chi connectivity index (χ3v) is 4.87. The third kappa shape index (κ3) is 6.41. The molecule has 6 nitrogen and oxygen atoms in total. The molecule has 9 heteroatoms. The Labute approximate surface area is 163 Å². The number of nitrogens with zero attached hydrogens (tertiary/aromatic N) is 2. The molecule has 0 radical (unpaired) electrons. The average Bonchev–Trinajstić information content (AvgIpc) is 2.62. The fraction of sp³-hybridized carbons (Fsp3) is 0.556. The van der Waals surface area contributed by atoms with Gasteiger partial charge in [0, 0.05) is 25.2 Å². The van der Waals surface area contributed by atoms with Crippen LogP contribution in [0.1, 0.15) is 26.7 Å². The zero-order valence-corrected chi connectivity index (χ0v) is 16.3. The van der Waals surface area contributed by atoms with E-state index in [1.807, 2.05) is 16.7 Å². The van der Waals surface area contributed by atoms with Crippen LogP contribution in [0.2, 0.25) is 0 Å². The molecule has 0 bridgehead atoms. The lowest BCUT2D eigenvalue weighted by atomic mass is 10.0. The number of hydrogen-bond acceptors (Lipinski definition) is 4. The van der Waals surface area contributed by atoms with Crippen molar-refractivity contribution in [3.05, 3.63) is 29.8 Å². The molecule has 1 aliphatic rings. The Kier molecular flexibility index (Phi) is 9.08. The van der Waals surface area contributed by atoms with Crippen molar-refractivity contribution in [2.45, 2.75) is 38.8 Å². The van der Waals surface area contributed by atoms with Gasteiger partial charge in [-0.1, -0.05) is 6.92 Å². The Morgan fingerprint density at radius 1 is 1.33 bits per heavy atom. The molecule has 152 valence electrons. The van der Waals surface area contributed by atoms with E-state index in [1.165, 1.54) is 0 Å². The number of carboxylic acid groups (broad SMARTS) is 1. The van der Waals surface area contributed by atoms with Crippen molar-refractivity contribution in [1.82, 2.24) is 9.80 Å². The quantitative estimate of drug-likeness (QED) is 0.729. The lowest BCUT2D eigenvalue weighted by molar-refractivity contribution is -0.139. The molecule has 0 spiro atoms. The Balaban J connectivity index is 0.00000364. The number of piperidine rings is 1. The van der Waals surface area contributed by atoms with Crippen molar-refractivity contribution >= 4 is 30.0 Å². The van der Waals surface area contributed by atoms with E-state index < -0.39 is 29.6 Å². The van der Waals surface area contributed by atoms with Gasteiger partial charge in [0.25, 0.3) is 0 Å². The summed E-state index contributed by atoms with van der Waals surface area (Å²) in [6.07, 6.45) is 1.51. The molecule has 1 heterocycles. The van der Waals surface area contributed by atoms with Gasteiger partial charge >= 0.3 is 5.97 Å². The minimum absolute atomic E-state index is 0. The standard InChI is InChI=1S/C18H25F2N3O3.ClH/c1-3-22(11-17(24)25)14-6-8-23(9-7-14)12(2)18(26)21-16-10-13(19)4-5-15(16)20;/h4-5,10,12,14H,3,6-9,11H2,1-2H3,(H,21,26)(H,24,25);1H. The van der Waals surface area contributed by atoms with Gasteiger partial charge in [-0.3, -0.25) is 19.4 Å². The molecule has 2 rings (SSSR count). The molecule has 0 aromatic heterocycles. The van der Waals surface area contributed by atoms with Gasteiger partial charge in [-0.2, -0.15) is 0 Å².